The number of benzene rings is 1. The molecule has 0 aliphatic rings. The highest BCUT2D eigenvalue weighted by molar-refractivity contribution is 5.63. The van der Waals surface area contributed by atoms with Gasteiger partial charge in [0.05, 0.1) is 0 Å². The number of hydrogen-bond acceptors (Lipinski definition) is 2. The lowest BCUT2D eigenvalue weighted by atomic mass is 10.1. The van der Waals surface area contributed by atoms with E-state index >= 15 is 0 Å². The fraction of sp³-hybridized carbons (Fsp3) is 0.267. The topological polar surface area (TPSA) is 24.9 Å². The number of nitrogens with one attached hydrogen (secondary N) is 1. The fourth-order valence-corrected chi connectivity index (χ4v) is 1.84. The van der Waals surface area contributed by atoms with Crippen molar-refractivity contribution in [2.75, 3.05) is 6.54 Å². The number of rotatable bonds is 5. The van der Waals surface area contributed by atoms with Crippen molar-refractivity contribution >= 4 is 0 Å². The molecule has 0 bridgehead atoms. The first-order chi connectivity index (χ1) is 8.81. The Labute approximate surface area is 107 Å². The molecule has 0 aliphatic carbocycles. The average Bonchev–Trinajstić information content (AvgIpc) is 2.40. The molecule has 3 heteroatoms. The van der Waals surface area contributed by atoms with Gasteiger partial charge in [-0.2, -0.15) is 0 Å². The molecule has 0 unspecified atom stereocenters. The van der Waals surface area contributed by atoms with Gasteiger partial charge >= 0.3 is 0 Å². The van der Waals surface area contributed by atoms with Gasteiger partial charge in [-0.1, -0.05) is 25.1 Å². The van der Waals surface area contributed by atoms with Crippen molar-refractivity contribution in [1.29, 1.82) is 0 Å². The van der Waals surface area contributed by atoms with Gasteiger partial charge in [-0.3, -0.25) is 4.98 Å². The van der Waals surface area contributed by atoms with Crippen molar-refractivity contribution in [3.8, 4) is 11.1 Å². The van der Waals surface area contributed by atoms with Crippen LogP contribution in [0.2, 0.25) is 0 Å². The predicted octanol–water partition coefficient (Wildman–Crippen LogP) is 3.39. The Hall–Kier alpha value is -1.74. The van der Waals surface area contributed by atoms with Crippen LogP contribution in [0.4, 0.5) is 4.39 Å². The van der Waals surface area contributed by atoms with E-state index in [1.165, 1.54) is 6.07 Å². The standard InChI is InChI=1S/C15H17FN2/c1-2-7-17-9-12-8-13(11-18-10-12)14-5-3-4-6-15(14)16/h3-6,8,10-11,17H,2,7,9H2,1H3. The minimum Gasteiger partial charge on any atom is -0.313 e. The molecular weight excluding hydrogens is 227 g/mol. The first kappa shape index (κ1) is 12.7. The van der Waals surface area contributed by atoms with Crippen LogP contribution in [0, 0.1) is 5.82 Å². The van der Waals surface area contributed by atoms with Gasteiger partial charge in [0, 0.05) is 30.1 Å². The first-order valence-corrected chi connectivity index (χ1v) is 6.21. The summed E-state index contributed by atoms with van der Waals surface area (Å²) in [6, 6.07) is 8.75. The lowest BCUT2D eigenvalue weighted by Crippen LogP contribution is -2.13. The predicted molar refractivity (Wildman–Crippen MR) is 71.6 cm³/mol. The van der Waals surface area contributed by atoms with Crippen LogP contribution in [0.3, 0.4) is 0 Å². The summed E-state index contributed by atoms with van der Waals surface area (Å²) in [6.45, 7) is 3.87. The Morgan fingerprint density at radius 3 is 2.83 bits per heavy atom. The molecule has 2 nitrogen and oxygen atoms in total. The number of pyridine rings is 1. The lowest BCUT2D eigenvalue weighted by Gasteiger charge is -2.06. The monoisotopic (exact) mass is 244 g/mol. The average molecular weight is 244 g/mol. The van der Waals surface area contributed by atoms with Gasteiger partial charge in [0.25, 0.3) is 0 Å². The molecule has 2 rings (SSSR count). The van der Waals surface area contributed by atoms with Gasteiger partial charge in [0.1, 0.15) is 5.82 Å². The zero-order valence-corrected chi connectivity index (χ0v) is 10.5. The fourth-order valence-electron chi connectivity index (χ4n) is 1.84. The maximum atomic E-state index is 13.7. The van der Waals surface area contributed by atoms with Crippen molar-refractivity contribution < 1.29 is 4.39 Å². The van der Waals surface area contributed by atoms with E-state index in [4.69, 9.17) is 0 Å². The highest BCUT2D eigenvalue weighted by Gasteiger charge is 2.04. The zero-order chi connectivity index (χ0) is 12.8. The third kappa shape index (κ3) is 3.14. The van der Waals surface area contributed by atoms with E-state index in [2.05, 4.69) is 17.2 Å². The van der Waals surface area contributed by atoms with Crippen molar-refractivity contribution in [1.82, 2.24) is 10.3 Å². The molecular formula is C15H17FN2. The molecule has 18 heavy (non-hydrogen) atoms. The van der Waals surface area contributed by atoms with E-state index in [0.29, 0.717) is 5.56 Å². The Kier molecular flexibility index (Phi) is 4.42. The molecule has 2 aromatic rings. The van der Waals surface area contributed by atoms with E-state index < -0.39 is 0 Å². The van der Waals surface area contributed by atoms with Crippen molar-refractivity contribution in [2.24, 2.45) is 0 Å². The second-order valence-electron chi connectivity index (χ2n) is 4.24. The molecule has 0 atom stereocenters. The van der Waals surface area contributed by atoms with Gasteiger partial charge < -0.3 is 5.32 Å². The molecule has 0 spiro atoms. The smallest absolute Gasteiger partial charge is 0.131 e. The number of nitrogens with zero attached hydrogens (tertiary/aromatic N) is 1. The summed E-state index contributed by atoms with van der Waals surface area (Å²) in [5.74, 6) is -0.210. The second-order valence-corrected chi connectivity index (χ2v) is 4.24. The van der Waals surface area contributed by atoms with Gasteiger partial charge in [-0.25, -0.2) is 4.39 Å². The Morgan fingerprint density at radius 2 is 2.06 bits per heavy atom. The molecule has 94 valence electrons. The number of halogens is 1. The molecule has 0 radical (unpaired) electrons. The largest absolute Gasteiger partial charge is 0.313 e. The van der Waals surface area contributed by atoms with Gasteiger partial charge in [-0.15, -0.1) is 0 Å². The maximum absolute atomic E-state index is 13.7. The SMILES string of the molecule is CCCNCc1cncc(-c2ccccc2F)c1. The number of hydrogen-bond donors (Lipinski definition) is 1. The summed E-state index contributed by atoms with van der Waals surface area (Å²) in [7, 11) is 0. The van der Waals surface area contributed by atoms with Crippen LogP contribution < -0.4 is 5.32 Å². The van der Waals surface area contributed by atoms with E-state index in [-0.39, 0.29) is 5.82 Å². The molecule has 0 fully saturated rings. The summed E-state index contributed by atoms with van der Waals surface area (Å²) >= 11 is 0. The van der Waals surface area contributed by atoms with Crippen molar-refractivity contribution in [2.45, 2.75) is 19.9 Å². The summed E-state index contributed by atoms with van der Waals surface area (Å²) < 4.78 is 13.7. The summed E-state index contributed by atoms with van der Waals surface area (Å²) in [4.78, 5) is 4.17. The third-order valence-corrected chi connectivity index (χ3v) is 2.74. The van der Waals surface area contributed by atoms with E-state index in [0.717, 1.165) is 30.6 Å². The van der Waals surface area contributed by atoms with E-state index in [1.807, 2.05) is 18.3 Å². The van der Waals surface area contributed by atoms with E-state index in [1.54, 1.807) is 18.3 Å². The summed E-state index contributed by atoms with van der Waals surface area (Å²) in [6.07, 6.45) is 4.61. The van der Waals surface area contributed by atoms with Crippen LogP contribution in [-0.4, -0.2) is 11.5 Å². The second kappa shape index (κ2) is 6.26. The molecule has 1 heterocycles. The Bertz CT molecular complexity index is 511. The molecule has 1 aromatic carbocycles. The third-order valence-electron chi connectivity index (χ3n) is 2.74. The first-order valence-electron chi connectivity index (χ1n) is 6.21. The molecule has 0 aliphatic heterocycles. The maximum Gasteiger partial charge on any atom is 0.131 e. The van der Waals surface area contributed by atoms with Gasteiger partial charge in [0.2, 0.25) is 0 Å². The van der Waals surface area contributed by atoms with Crippen LogP contribution in [0.25, 0.3) is 11.1 Å². The van der Waals surface area contributed by atoms with Gasteiger partial charge in [0.15, 0.2) is 0 Å². The Balaban J connectivity index is 2.19. The number of aromatic nitrogens is 1. The molecule has 0 saturated carbocycles. The Morgan fingerprint density at radius 1 is 1.22 bits per heavy atom. The molecule has 1 aromatic heterocycles. The van der Waals surface area contributed by atoms with Crippen molar-refractivity contribution in [3.63, 3.8) is 0 Å². The van der Waals surface area contributed by atoms with Gasteiger partial charge in [-0.05, 0) is 30.7 Å². The van der Waals surface area contributed by atoms with Crippen LogP contribution >= 0.6 is 0 Å². The van der Waals surface area contributed by atoms with E-state index in [9.17, 15) is 4.39 Å². The van der Waals surface area contributed by atoms with Crippen LogP contribution in [0.15, 0.2) is 42.7 Å². The van der Waals surface area contributed by atoms with Crippen LogP contribution in [-0.2, 0) is 6.54 Å². The molecule has 0 amide bonds. The highest BCUT2D eigenvalue weighted by atomic mass is 19.1. The minimum absolute atomic E-state index is 0.210. The zero-order valence-electron chi connectivity index (χ0n) is 10.5. The van der Waals surface area contributed by atoms with Crippen molar-refractivity contribution in [3.05, 3.63) is 54.1 Å². The summed E-state index contributed by atoms with van der Waals surface area (Å²) in [5.41, 5.74) is 2.50. The highest BCUT2D eigenvalue weighted by Crippen LogP contribution is 2.22. The minimum atomic E-state index is -0.210. The lowest BCUT2D eigenvalue weighted by molar-refractivity contribution is 0.631. The normalized spacial score (nSPS) is 10.6. The molecule has 0 saturated heterocycles. The molecule has 1 N–H and O–H groups in total. The quantitative estimate of drug-likeness (QED) is 0.815. The summed E-state index contributed by atoms with van der Waals surface area (Å²) in [5, 5.41) is 3.31. The van der Waals surface area contributed by atoms with Crippen LogP contribution in [0.5, 0.6) is 0 Å². The van der Waals surface area contributed by atoms with Crippen LogP contribution in [0.1, 0.15) is 18.9 Å².